The molecular formula is C21H22N2O6S. The molecule has 1 atom stereocenters. The fourth-order valence-corrected chi connectivity index (χ4v) is 3.83. The number of ether oxygens (including phenoxy) is 3. The molecule has 0 saturated heterocycles. The molecule has 0 radical (unpaired) electrons. The summed E-state index contributed by atoms with van der Waals surface area (Å²) in [7, 11) is 2.68. The van der Waals surface area contributed by atoms with Crippen LogP contribution in [-0.4, -0.2) is 43.6 Å². The molecule has 1 heterocycles. The Bertz CT molecular complexity index is 961. The van der Waals surface area contributed by atoms with Gasteiger partial charge in [-0.3, -0.25) is 4.79 Å². The number of carbonyl (C=O) groups excluding carboxylic acids is 2. The van der Waals surface area contributed by atoms with E-state index in [4.69, 9.17) is 9.47 Å². The Hall–Kier alpha value is -3.38. The first-order chi connectivity index (χ1) is 14.4. The molecule has 2 rings (SSSR count). The maximum absolute atomic E-state index is 12.8. The van der Waals surface area contributed by atoms with Gasteiger partial charge in [-0.05, 0) is 24.6 Å². The smallest absolute Gasteiger partial charge is 0.337 e. The number of nitrogens with one attached hydrogen (secondary N) is 1. The second-order valence-corrected chi connectivity index (χ2v) is 7.12. The van der Waals surface area contributed by atoms with Crippen molar-refractivity contribution in [3.63, 3.8) is 0 Å². The van der Waals surface area contributed by atoms with Crippen LogP contribution < -0.4 is 10.1 Å². The minimum atomic E-state index is -0.789. The Morgan fingerprint density at radius 2 is 2.13 bits per heavy atom. The van der Waals surface area contributed by atoms with Crippen molar-refractivity contribution in [3.8, 4) is 17.6 Å². The summed E-state index contributed by atoms with van der Waals surface area (Å²) >= 11 is 1.10. The average molecular weight is 430 g/mol. The van der Waals surface area contributed by atoms with Crippen molar-refractivity contribution in [3.05, 3.63) is 58.3 Å². The topological polar surface area (TPSA) is 118 Å². The lowest BCUT2D eigenvalue weighted by Gasteiger charge is -2.29. The van der Waals surface area contributed by atoms with Gasteiger partial charge in [0.1, 0.15) is 6.61 Å². The monoisotopic (exact) mass is 430 g/mol. The molecule has 0 aliphatic carbocycles. The van der Waals surface area contributed by atoms with Crippen LogP contribution in [0.3, 0.4) is 0 Å². The van der Waals surface area contributed by atoms with Gasteiger partial charge < -0.3 is 24.6 Å². The molecule has 8 nitrogen and oxygen atoms in total. The molecule has 158 valence electrons. The van der Waals surface area contributed by atoms with Crippen LogP contribution in [0.4, 0.5) is 0 Å². The molecular weight excluding hydrogens is 408 g/mol. The molecule has 1 aliphatic rings. The van der Waals surface area contributed by atoms with Gasteiger partial charge >= 0.3 is 11.9 Å². The number of aromatic hydroxyl groups is 1. The van der Waals surface area contributed by atoms with E-state index in [0.717, 1.165) is 11.8 Å². The van der Waals surface area contributed by atoms with Crippen LogP contribution in [0.25, 0.3) is 0 Å². The number of esters is 2. The maximum Gasteiger partial charge on any atom is 0.337 e. The number of nitrogens with zero attached hydrogens (tertiary/aromatic N) is 1. The van der Waals surface area contributed by atoms with Crippen molar-refractivity contribution in [1.29, 1.82) is 5.26 Å². The summed E-state index contributed by atoms with van der Waals surface area (Å²) in [5, 5.41) is 23.3. The van der Waals surface area contributed by atoms with Crippen LogP contribution in [0.2, 0.25) is 0 Å². The first-order valence-electron chi connectivity index (χ1n) is 8.84. The molecule has 0 amide bonds. The zero-order valence-corrected chi connectivity index (χ0v) is 17.7. The van der Waals surface area contributed by atoms with Gasteiger partial charge in [-0.2, -0.15) is 5.26 Å². The Balaban J connectivity index is 2.60. The number of hydrogen-bond acceptors (Lipinski definition) is 9. The van der Waals surface area contributed by atoms with E-state index >= 15 is 0 Å². The molecule has 2 N–H and O–H groups in total. The Labute approximate surface area is 178 Å². The normalized spacial score (nSPS) is 15.7. The zero-order valence-electron chi connectivity index (χ0n) is 16.9. The number of phenolic OH excluding ortho intramolecular Hbond substituents is 1. The highest BCUT2D eigenvalue weighted by atomic mass is 32.2. The van der Waals surface area contributed by atoms with Gasteiger partial charge in [0, 0.05) is 5.70 Å². The largest absolute Gasteiger partial charge is 0.504 e. The highest BCUT2D eigenvalue weighted by Crippen LogP contribution is 2.43. The third-order valence-corrected chi connectivity index (χ3v) is 5.29. The summed E-state index contributed by atoms with van der Waals surface area (Å²) < 4.78 is 15.1. The predicted octanol–water partition coefficient (Wildman–Crippen LogP) is 2.73. The molecule has 0 spiro atoms. The van der Waals surface area contributed by atoms with E-state index in [1.807, 2.05) is 0 Å². The Kier molecular flexibility index (Phi) is 7.95. The van der Waals surface area contributed by atoms with Crippen LogP contribution in [0.1, 0.15) is 18.4 Å². The van der Waals surface area contributed by atoms with Crippen molar-refractivity contribution in [2.45, 2.75) is 12.8 Å². The minimum Gasteiger partial charge on any atom is -0.504 e. The van der Waals surface area contributed by atoms with Gasteiger partial charge in [0.2, 0.25) is 0 Å². The van der Waals surface area contributed by atoms with Crippen LogP contribution in [0, 0.1) is 11.3 Å². The lowest BCUT2D eigenvalue weighted by Crippen LogP contribution is -2.29. The van der Waals surface area contributed by atoms with E-state index in [-0.39, 0.29) is 35.0 Å². The van der Waals surface area contributed by atoms with Gasteiger partial charge in [0.05, 0.1) is 48.1 Å². The number of thioether (sulfide) groups is 1. The van der Waals surface area contributed by atoms with Gasteiger partial charge in [0.25, 0.3) is 0 Å². The number of methoxy groups -OCH3 is 2. The second-order valence-electron chi connectivity index (χ2n) is 6.13. The number of hydrogen-bond donors (Lipinski definition) is 2. The average Bonchev–Trinajstić information content (AvgIpc) is 2.75. The van der Waals surface area contributed by atoms with Crippen LogP contribution in [0.5, 0.6) is 11.5 Å². The molecule has 0 saturated carbocycles. The fourth-order valence-electron chi connectivity index (χ4n) is 2.91. The molecule has 0 fully saturated rings. The van der Waals surface area contributed by atoms with Gasteiger partial charge in [-0.15, -0.1) is 0 Å². The SMILES string of the molecule is C=CCOC(=O)C1=C(C)NC(SCC(=O)OC)=C(C#N)[C@@H]1c1ccc(O)c(OC)c1. The number of benzene rings is 1. The number of nitriles is 1. The molecule has 1 aromatic rings. The standard InChI is InChI=1S/C21H22N2O6S/c1-5-8-29-21(26)18-12(2)23-20(30-11-17(25)28-4)14(10-22)19(18)13-6-7-15(24)16(9-13)27-3/h5-7,9,19,23-24H,1,8,11H2,2-4H3/t19-/m0/s1. The van der Waals surface area contributed by atoms with Crippen molar-refractivity contribution < 1.29 is 28.9 Å². The van der Waals surface area contributed by atoms with Crippen LogP contribution in [0.15, 0.2) is 52.7 Å². The zero-order chi connectivity index (χ0) is 22.3. The molecule has 1 aliphatic heterocycles. The van der Waals surface area contributed by atoms with Crippen molar-refractivity contribution in [1.82, 2.24) is 5.32 Å². The second kappa shape index (κ2) is 10.4. The summed E-state index contributed by atoms with van der Waals surface area (Å²) in [6, 6.07) is 6.72. The van der Waals surface area contributed by atoms with E-state index in [0.29, 0.717) is 16.3 Å². The van der Waals surface area contributed by atoms with Crippen molar-refractivity contribution in [2.75, 3.05) is 26.6 Å². The van der Waals surface area contributed by atoms with Crippen molar-refractivity contribution in [2.24, 2.45) is 0 Å². The summed E-state index contributed by atoms with van der Waals surface area (Å²) in [6.07, 6.45) is 1.45. The summed E-state index contributed by atoms with van der Waals surface area (Å²) in [6.45, 7) is 5.23. The van der Waals surface area contributed by atoms with E-state index in [1.54, 1.807) is 19.1 Å². The number of carbonyl (C=O) groups is 2. The maximum atomic E-state index is 12.8. The van der Waals surface area contributed by atoms with Crippen LogP contribution >= 0.6 is 11.8 Å². The summed E-state index contributed by atoms with van der Waals surface area (Å²) in [5.74, 6) is -1.74. The van der Waals surface area contributed by atoms with Gasteiger partial charge in [-0.1, -0.05) is 30.5 Å². The minimum absolute atomic E-state index is 0.0107. The third kappa shape index (κ3) is 4.96. The van der Waals surface area contributed by atoms with E-state index < -0.39 is 17.9 Å². The van der Waals surface area contributed by atoms with Gasteiger partial charge in [-0.25, -0.2) is 4.79 Å². The lowest BCUT2D eigenvalue weighted by atomic mass is 9.82. The molecule has 1 aromatic carbocycles. The lowest BCUT2D eigenvalue weighted by molar-refractivity contribution is -0.138. The number of dihydropyridines is 1. The van der Waals surface area contributed by atoms with E-state index in [1.165, 1.54) is 26.4 Å². The molecule has 0 bridgehead atoms. The molecule has 0 aromatic heterocycles. The van der Waals surface area contributed by atoms with Crippen LogP contribution in [-0.2, 0) is 19.1 Å². The number of allylic oxidation sites excluding steroid dienone is 2. The summed E-state index contributed by atoms with van der Waals surface area (Å²) in [5.41, 5.74) is 1.49. The number of phenols is 1. The highest BCUT2D eigenvalue weighted by molar-refractivity contribution is 8.03. The van der Waals surface area contributed by atoms with Crippen molar-refractivity contribution >= 4 is 23.7 Å². The molecule has 9 heteroatoms. The van der Waals surface area contributed by atoms with E-state index in [9.17, 15) is 20.0 Å². The highest BCUT2D eigenvalue weighted by Gasteiger charge is 2.36. The Morgan fingerprint density at radius 1 is 1.40 bits per heavy atom. The first kappa shape index (κ1) is 22.9. The summed E-state index contributed by atoms with van der Waals surface area (Å²) in [4.78, 5) is 24.4. The first-order valence-corrected chi connectivity index (χ1v) is 9.83. The molecule has 0 unspecified atom stereocenters. The third-order valence-electron chi connectivity index (χ3n) is 4.30. The quantitative estimate of drug-likeness (QED) is 0.474. The van der Waals surface area contributed by atoms with Gasteiger partial charge in [0.15, 0.2) is 11.5 Å². The molecule has 30 heavy (non-hydrogen) atoms. The predicted molar refractivity (Wildman–Crippen MR) is 112 cm³/mol. The Morgan fingerprint density at radius 3 is 2.73 bits per heavy atom. The fraction of sp³-hybridized carbons (Fsp3) is 0.286. The number of rotatable bonds is 8. The van der Waals surface area contributed by atoms with E-state index in [2.05, 4.69) is 22.7 Å².